The van der Waals surface area contributed by atoms with Gasteiger partial charge in [-0.15, -0.1) is 0 Å². The molecule has 1 saturated heterocycles. The summed E-state index contributed by atoms with van der Waals surface area (Å²) in [7, 11) is 0. The first-order chi connectivity index (χ1) is 18.8. The molecule has 0 aromatic heterocycles. The third-order valence-corrected chi connectivity index (χ3v) is 6.96. The minimum atomic E-state index is -0.431. The van der Waals surface area contributed by atoms with Gasteiger partial charge in [-0.05, 0) is 91.2 Å². The Balaban J connectivity index is 1.45. The van der Waals surface area contributed by atoms with Gasteiger partial charge in [-0.3, -0.25) is 19.3 Å². The van der Waals surface area contributed by atoms with E-state index in [0.717, 1.165) is 27.8 Å². The minimum Gasteiger partial charge on any atom is -0.490 e. The predicted octanol–water partition coefficient (Wildman–Crippen LogP) is 5.83. The molecule has 1 N–H and O–H groups in total. The van der Waals surface area contributed by atoms with E-state index in [2.05, 4.69) is 11.4 Å². The van der Waals surface area contributed by atoms with Crippen LogP contribution in [0.25, 0.3) is 6.08 Å². The van der Waals surface area contributed by atoms with Crippen molar-refractivity contribution in [3.63, 3.8) is 0 Å². The fraction of sp³-hybridized carbons (Fsp3) is 0.200. The molecule has 3 amide bonds. The van der Waals surface area contributed by atoms with E-state index in [1.807, 2.05) is 39.0 Å². The van der Waals surface area contributed by atoms with E-state index in [9.17, 15) is 19.6 Å². The third-order valence-electron chi connectivity index (χ3n) is 6.05. The molecule has 1 aliphatic rings. The summed E-state index contributed by atoms with van der Waals surface area (Å²) in [5, 5.41) is 11.7. The molecule has 0 saturated carbocycles. The largest absolute Gasteiger partial charge is 0.490 e. The van der Waals surface area contributed by atoms with Crippen molar-refractivity contribution in [1.29, 1.82) is 5.26 Å². The maximum atomic E-state index is 13.0. The number of amides is 3. The van der Waals surface area contributed by atoms with E-state index < -0.39 is 11.1 Å². The highest BCUT2D eigenvalue weighted by molar-refractivity contribution is 8.18. The van der Waals surface area contributed by atoms with Crippen molar-refractivity contribution in [2.45, 2.75) is 27.3 Å². The summed E-state index contributed by atoms with van der Waals surface area (Å²) in [6.07, 6.45) is 1.61. The fourth-order valence-corrected chi connectivity index (χ4v) is 4.73. The van der Waals surface area contributed by atoms with Crippen molar-refractivity contribution in [1.82, 2.24) is 4.90 Å². The number of hydrogen-bond donors (Lipinski definition) is 1. The first-order valence-electron chi connectivity index (χ1n) is 12.3. The summed E-state index contributed by atoms with van der Waals surface area (Å²) in [4.78, 5) is 39.4. The number of carbonyl (C=O) groups excluding carboxylic acids is 3. The van der Waals surface area contributed by atoms with E-state index >= 15 is 0 Å². The van der Waals surface area contributed by atoms with Crippen molar-refractivity contribution in [2.75, 3.05) is 18.5 Å². The van der Waals surface area contributed by atoms with Crippen LogP contribution in [0.1, 0.15) is 34.7 Å². The number of thioether (sulfide) groups is 1. The Morgan fingerprint density at radius 3 is 2.56 bits per heavy atom. The van der Waals surface area contributed by atoms with Crippen LogP contribution >= 0.6 is 11.8 Å². The molecular weight excluding hydrogens is 514 g/mol. The van der Waals surface area contributed by atoms with Crippen LogP contribution in [0.2, 0.25) is 0 Å². The molecule has 0 aliphatic carbocycles. The minimum absolute atomic E-state index is 0.0208. The van der Waals surface area contributed by atoms with Gasteiger partial charge < -0.3 is 14.8 Å². The smallest absolute Gasteiger partial charge is 0.293 e. The quantitative estimate of drug-likeness (QED) is 0.340. The molecule has 9 heteroatoms. The predicted molar refractivity (Wildman–Crippen MR) is 150 cm³/mol. The van der Waals surface area contributed by atoms with E-state index in [1.54, 1.807) is 48.5 Å². The molecule has 198 valence electrons. The van der Waals surface area contributed by atoms with Gasteiger partial charge in [0.1, 0.15) is 0 Å². The SMILES string of the molecule is CCOc1cc(/C=C2/SC(=O)N(Cc3ccccc3C#N)C2=O)ccc1OCC(=O)Nc1ccc(C)c(C)c1. The summed E-state index contributed by atoms with van der Waals surface area (Å²) in [6, 6.07) is 19.7. The summed E-state index contributed by atoms with van der Waals surface area (Å²) in [6.45, 7) is 5.98. The van der Waals surface area contributed by atoms with Crippen molar-refractivity contribution < 1.29 is 23.9 Å². The summed E-state index contributed by atoms with van der Waals surface area (Å²) in [5.74, 6) is 0.0494. The Morgan fingerprint density at radius 2 is 1.82 bits per heavy atom. The number of nitriles is 1. The molecule has 1 aliphatic heterocycles. The number of rotatable bonds is 9. The zero-order valence-electron chi connectivity index (χ0n) is 21.8. The molecular formula is C30H27N3O5S. The number of nitrogens with zero attached hydrogens (tertiary/aromatic N) is 2. The zero-order chi connectivity index (χ0) is 27.9. The Labute approximate surface area is 231 Å². The average molecular weight is 542 g/mol. The molecule has 3 aromatic rings. The molecule has 0 spiro atoms. The Hall–Kier alpha value is -4.55. The molecule has 4 rings (SSSR count). The van der Waals surface area contributed by atoms with Gasteiger partial charge in [0.05, 0.1) is 29.7 Å². The number of aryl methyl sites for hydroxylation is 2. The number of carbonyl (C=O) groups is 3. The lowest BCUT2D eigenvalue weighted by Gasteiger charge is -2.14. The maximum Gasteiger partial charge on any atom is 0.293 e. The monoisotopic (exact) mass is 541 g/mol. The third kappa shape index (κ3) is 6.67. The zero-order valence-corrected chi connectivity index (χ0v) is 22.6. The van der Waals surface area contributed by atoms with Gasteiger partial charge in [0.15, 0.2) is 18.1 Å². The van der Waals surface area contributed by atoms with E-state index in [0.29, 0.717) is 40.5 Å². The molecule has 0 bridgehead atoms. The van der Waals surface area contributed by atoms with Gasteiger partial charge in [0.25, 0.3) is 17.1 Å². The summed E-state index contributed by atoms with van der Waals surface area (Å²) >= 11 is 0.840. The number of nitrogens with one attached hydrogen (secondary N) is 1. The molecule has 39 heavy (non-hydrogen) atoms. The van der Waals surface area contributed by atoms with Crippen LogP contribution in [-0.4, -0.2) is 35.2 Å². The second kappa shape index (κ2) is 12.3. The van der Waals surface area contributed by atoms with Crippen molar-refractivity contribution in [3.05, 3.63) is 93.4 Å². The van der Waals surface area contributed by atoms with E-state index in [1.165, 1.54) is 0 Å². The van der Waals surface area contributed by atoms with Crippen molar-refractivity contribution in [2.24, 2.45) is 0 Å². The van der Waals surface area contributed by atoms with Crippen molar-refractivity contribution in [3.8, 4) is 17.6 Å². The Bertz CT molecular complexity index is 1510. The van der Waals surface area contributed by atoms with Crippen LogP contribution in [0, 0.1) is 25.2 Å². The van der Waals surface area contributed by atoms with Crippen molar-refractivity contribution >= 4 is 40.6 Å². The van der Waals surface area contributed by atoms with E-state index in [-0.39, 0.29) is 24.0 Å². The van der Waals surface area contributed by atoms with Gasteiger partial charge in [-0.25, -0.2) is 0 Å². The molecule has 0 unspecified atom stereocenters. The number of anilines is 1. The lowest BCUT2D eigenvalue weighted by molar-refractivity contribution is -0.123. The van der Waals surface area contributed by atoms with Gasteiger partial charge >= 0.3 is 0 Å². The normalized spacial score (nSPS) is 13.9. The average Bonchev–Trinajstić information content (AvgIpc) is 3.18. The highest BCUT2D eigenvalue weighted by atomic mass is 32.2. The topological polar surface area (TPSA) is 109 Å². The maximum absolute atomic E-state index is 13.0. The molecule has 1 fully saturated rings. The molecule has 0 atom stereocenters. The number of benzene rings is 3. The Morgan fingerprint density at radius 1 is 1.03 bits per heavy atom. The van der Waals surface area contributed by atoms with Gasteiger partial charge in [-0.1, -0.05) is 30.3 Å². The van der Waals surface area contributed by atoms with Gasteiger partial charge in [-0.2, -0.15) is 5.26 Å². The number of hydrogen-bond acceptors (Lipinski definition) is 7. The molecule has 0 radical (unpaired) electrons. The number of imide groups is 1. The van der Waals surface area contributed by atoms with E-state index in [4.69, 9.17) is 9.47 Å². The molecule has 1 heterocycles. The second-order valence-electron chi connectivity index (χ2n) is 8.81. The van der Waals surface area contributed by atoms with Crippen LogP contribution in [0.4, 0.5) is 10.5 Å². The lowest BCUT2D eigenvalue weighted by atomic mass is 10.1. The first kappa shape index (κ1) is 27.5. The standard InChI is InChI=1S/C30H27N3O5S/c1-4-37-26-14-21(10-12-25(26)38-18-28(34)32-24-11-9-19(2)20(3)13-24)15-27-29(35)33(30(36)39-27)17-23-8-6-5-7-22(23)16-31/h5-15H,4,17-18H2,1-3H3,(H,32,34)/b27-15+. The van der Waals surface area contributed by atoms with Gasteiger partial charge in [0, 0.05) is 5.69 Å². The highest BCUT2D eigenvalue weighted by Gasteiger charge is 2.35. The van der Waals surface area contributed by atoms with Crippen LogP contribution in [0.15, 0.2) is 65.6 Å². The van der Waals surface area contributed by atoms with Crippen LogP contribution in [0.5, 0.6) is 11.5 Å². The van der Waals surface area contributed by atoms with Crippen LogP contribution < -0.4 is 14.8 Å². The lowest BCUT2D eigenvalue weighted by Crippen LogP contribution is -2.27. The highest BCUT2D eigenvalue weighted by Crippen LogP contribution is 2.35. The summed E-state index contributed by atoms with van der Waals surface area (Å²) < 4.78 is 11.4. The molecule has 3 aromatic carbocycles. The second-order valence-corrected chi connectivity index (χ2v) is 9.81. The summed E-state index contributed by atoms with van der Waals surface area (Å²) in [5.41, 5.74) is 4.56. The first-order valence-corrected chi connectivity index (χ1v) is 13.1. The van der Waals surface area contributed by atoms with Gasteiger partial charge in [0.2, 0.25) is 0 Å². The van der Waals surface area contributed by atoms with Crippen LogP contribution in [0.3, 0.4) is 0 Å². The van der Waals surface area contributed by atoms with Crippen LogP contribution in [-0.2, 0) is 16.1 Å². The number of ether oxygens (including phenoxy) is 2. The molecule has 8 nitrogen and oxygen atoms in total. The fourth-order valence-electron chi connectivity index (χ4n) is 3.89. The Kier molecular flexibility index (Phi) is 8.69.